The Bertz CT molecular complexity index is 1180. The van der Waals surface area contributed by atoms with Crippen molar-refractivity contribution in [3.63, 3.8) is 0 Å². The van der Waals surface area contributed by atoms with Crippen LogP contribution in [0.2, 0.25) is 0 Å². The average molecular weight is 457 g/mol. The SMILES string of the molecule is COC(=O)c1cc2cnn(C)c2cc1Oc1ccc(OCCCN2CCOCC2=O)cc1F. The number of hydrogen-bond donors (Lipinski definition) is 0. The van der Waals surface area contributed by atoms with E-state index in [0.717, 1.165) is 10.9 Å². The summed E-state index contributed by atoms with van der Waals surface area (Å²) in [6, 6.07) is 7.45. The Labute approximate surface area is 189 Å². The molecule has 0 atom stereocenters. The third-order valence-corrected chi connectivity index (χ3v) is 5.30. The molecule has 0 N–H and O–H groups in total. The van der Waals surface area contributed by atoms with Crippen molar-refractivity contribution in [1.82, 2.24) is 14.7 Å². The molecule has 0 spiro atoms. The maximum absolute atomic E-state index is 14.7. The standard InChI is InChI=1S/C23H24FN3O6/c1-26-19-12-21(17(23(29)30-2)10-15(19)13-25-26)33-20-5-4-16(11-18(20)24)32-8-3-6-27-7-9-31-14-22(27)28/h4-5,10-13H,3,6-9,14H2,1-2H3. The summed E-state index contributed by atoms with van der Waals surface area (Å²) in [5.74, 6) is -0.854. The van der Waals surface area contributed by atoms with Crippen molar-refractivity contribution in [1.29, 1.82) is 0 Å². The Morgan fingerprint density at radius 1 is 1.24 bits per heavy atom. The lowest BCUT2D eigenvalue weighted by molar-refractivity contribution is -0.142. The molecule has 1 aliphatic rings. The van der Waals surface area contributed by atoms with Gasteiger partial charge in [0.05, 0.1) is 32.0 Å². The van der Waals surface area contributed by atoms with Crippen LogP contribution in [0.3, 0.4) is 0 Å². The molecule has 0 aliphatic carbocycles. The molecule has 0 radical (unpaired) electrons. The number of methoxy groups -OCH3 is 1. The number of ether oxygens (including phenoxy) is 4. The van der Waals surface area contributed by atoms with Crippen LogP contribution < -0.4 is 9.47 Å². The molecule has 2 aromatic carbocycles. The maximum atomic E-state index is 14.7. The summed E-state index contributed by atoms with van der Waals surface area (Å²) < 4.78 is 37.6. The van der Waals surface area contributed by atoms with Crippen LogP contribution in [0.4, 0.5) is 4.39 Å². The van der Waals surface area contributed by atoms with Gasteiger partial charge in [-0.05, 0) is 24.6 Å². The summed E-state index contributed by atoms with van der Waals surface area (Å²) in [6.07, 6.45) is 2.23. The highest BCUT2D eigenvalue weighted by Crippen LogP contribution is 2.33. The third kappa shape index (κ3) is 5.06. The second-order valence-electron chi connectivity index (χ2n) is 7.50. The molecular formula is C23H24FN3O6. The van der Waals surface area contributed by atoms with Gasteiger partial charge < -0.3 is 23.8 Å². The molecule has 9 nitrogen and oxygen atoms in total. The molecule has 1 aliphatic heterocycles. The van der Waals surface area contributed by atoms with Crippen molar-refractivity contribution in [2.24, 2.45) is 7.05 Å². The monoisotopic (exact) mass is 457 g/mol. The minimum absolute atomic E-state index is 0.0376. The smallest absolute Gasteiger partial charge is 0.341 e. The van der Waals surface area contributed by atoms with Gasteiger partial charge in [-0.15, -0.1) is 0 Å². The maximum Gasteiger partial charge on any atom is 0.341 e. The van der Waals surface area contributed by atoms with Gasteiger partial charge in [-0.3, -0.25) is 9.48 Å². The first kappa shape index (κ1) is 22.5. The van der Waals surface area contributed by atoms with Crippen molar-refractivity contribution in [3.05, 3.63) is 47.9 Å². The topological polar surface area (TPSA) is 92.1 Å². The third-order valence-electron chi connectivity index (χ3n) is 5.30. The average Bonchev–Trinajstić information content (AvgIpc) is 3.18. The molecular weight excluding hydrogens is 433 g/mol. The molecule has 2 heterocycles. The number of aryl methyl sites for hydroxylation is 1. The molecule has 0 saturated carbocycles. The predicted molar refractivity (Wildman–Crippen MR) is 116 cm³/mol. The number of esters is 1. The van der Waals surface area contributed by atoms with Crippen LogP contribution in [0.1, 0.15) is 16.8 Å². The van der Waals surface area contributed by atoms with Crippen LogP contribution in [0.15, 0.2) is 36.5 Å². The first-order chi connectivity index (χ1) is 16.0. The van der Waals surface area contributed by atoms with Gasteiger partial charge in [-0.2, -0.15) is 5.10 Å². The summed E-state index contributed by atoms with van der Waals surface area (Å²) in [5.41, 5.74) is 0.882. The minimum atomic E-state index is -0.642. The van der Waals surface area contributed by atoms with E-state index in [1.807, 2.05) is 0 Å². The molecule has 0 unspecified atom stereocenters. The number of rotatable bonds is 8. The van der Waals surface area contributed by atoms with Crippen molar-refractivity contribution in [2.45, 2.75) is 6.42 Å². The van der Waals surface area contributed by atoms with Crippen molar-refractivity contribution in [2.75, 3.05) is 40.0 Å². The summed E-state index contributed by atoms with van der Waals surface area (Å²) in [5, 5.41) is 4.89. The number of nitrogens with zero attached hydrogens (tertiary/aromatic N) is 3. The fourth-order valence-electron chi connectivity index (χ4n) is 3.54. The molecule has 4 rings (SSSR count). The molecule has 174 valence electrons. The number of halogens is 1. The number of amides is 1. The lowest BCUT2D eigenvalue weighted by Gasteiger charge is -2.26. The van der Waals surface area contributed by atoms with Gasteiger partial charge in [0.2, 0.25) is 5.91 Å². The van der Waals surface area contributed by atoms with E-state index < -0.39 is 11.8 Å². The van der Waals surface area contributed by atoms with E-state index in [-0.39, 0.29) is 29.6 Å². The Hall–Kier alpha value is -3.66. The lowest BCUT2D eigenvalue weighted by Crippen LogP contribution is -2.42. The fraction of sp³-hybridized carbons (Fsp3) is 0.348. The fourth-order valence-corrected chi connectivity index (χ4v) is 3.54. The number of aromatic nitrogens is 2. The normalized spacial score (nSPS) is 13.9. The van der Waals surface area contributed by atoms with Gasteiger partial charge in [0.25, 0.3) is 0 Å². The van der Waals surface area contributed by atoms with Gasteiger partial charge in [-0.25, -0.2) is 9.18 Å². The molecule has 1 saturated heterocycles. The lowest BCUT2D eigenvalue weighted by atomic mass is 10.1. The molecule has 1 aromatic heterocycles. The first-order valence-corrected chi connectivity index (χ1v) is 10.5. The molecule has 0 bridgehead atoms. The van der Waals surface area contributed by atoms with E-state index in [0.29, 0.717) is 38.5 Å². The van der Waals surface area contributed by atoms with Gasteiger partial charge in [0.1, 0.15) is 23.7 Å². The Morgan fingerprint density at radius 2 is 2.09 bits per heavy atom. The molecule has 1 amide bonds. The number of hydrogen-bond acceptors (Lipinski definition) is 7. The highest BCUT2D eigenvalue weighted by molar-refractivity contribution is 5.98. The summed E-state index contributed by atoms with van der Waals surface area (Å²) >= 11 is 0. The molecule has 1 fully saturated rings. The summed E-state index contributed by atoms with van der Waals surface area (Å²) in [7, 11) is 3.02. The van der Waals surface area contributed by atoms with Gasteiger partial charge >= 0.3 is 5.97 Å². The van der Waals surface area contributed by atoms with E-state index in [1.54, 1.807) is 41.0 Å². The largest absolute Gasteiger partial charge is 0.493 e. The first-order valence-electron chi connectivity index (χ1n) is 10.5. The van der Waals surface area contributed by atoms with Gasteiger partial charge in [0.15, 0.2) is 11.6 Å². The Morgan fingerprint density at radius 3 is 2.85 bits per heavy atom. The highest BCUT2D eigenvalue weighted by Gasteiger charge is 2.19. The van der Waals surface area contributed by atoms with E-state index >= 15 is 0 Å². The van der Waals surface area contributed by atoms with Crippen molar-refractivity contribution < 1.29 is 32.9 Å². The van der Waals surface area contributed by atoms with Crippen molar-refractivity contribution in [3.8, 4) is 17.2 Å². The zero-order chi connectivity index (χ0) is 23.4. The van der Waals surface area contributed by atoms with Gasteiger partial charge in [-0.1, -0.05) is 0 Å². The molecule has 10 heteroatoms. The number of carbonyl (C=O) groups is 2. The zero-order valence-corrected chi connectivity index (χ0v) is 18.4. The Kier molecular flexibility index (Phi) is 6.74. The number of fused-ring (bicyclic) bond motifs is 1. The predicted octanol–water partition coefficient (Wildman–Crippen LogP) is 2.92. The summed E-state index contributed by atoms with van der Waals surface area (Å²) in [4.78, 5) is 25.7. The number of carbonyl (C=O) groups excluding carboxylic acids is 2. The van der Waals surface area contributed by atoms with E-state index in [4.69, 9.17) is 18.9 Å². The van der Waals surface area contributed by atoms with E-state index in [2.05, 4.69) is 5.10 Å². The van der Waals surface area contributed by atoms with Crippen LogP contribution in [-0.4, -0.2) is 66.6 Å². The minimum Gasteiger partial charge on any atom is -0.493 e. The highest BCUT2D eigenvalue weighted by atomic mass is 19.1. The van der Waals surface area contributed by atoms with Crippen molar-refractivity contribution >= 4 is 22.8 Å². The van der Waals surface area contributed by atoms with E-state index in [9.17, 15) is 14.0 Å². The van der Waals surface area contributed by atoms with Crippen LogP contribution in [0, 0.1) is 5.82 Å². The van der Waals surface area contributed by atoms with Gasteiger partial charge in [0, 0.05) is 37.7 Å². The number of morpholine rings is 1. The van der Waals surface area contributed by atoms with Crippen LogP contribution in [-0.2, 0) is 21.3 Å². The van der Waals surface area contributed by atoms with Crippen LogP contribution >= 0.6 is 0 Å². The number of benzene rings is 2. The second kappa shape index (κ2) is 9.86. The second-order valence-corrected chi connectivity index (χ2v) is 7.50. The van der Waals surface area contributed by atoms with Crippen LogP contribution in [0.5, 0.6) is 17.2 Å². The van der Waals surface area contributed by atoms with E-state index in [1.165, 1.54) is 19.2 Å². The van der Waals surface area contributed by atoms with Crippen LogP contribution in [0.25, 0.3) is 10.9 Å². The zero-order valence-electron chi connectivity index (χ0n) is 18.4. The Balaban J connectivity index is 1.43. The molecule has 3 aromatic rings. The molecule has 33 heavy (non-hydrogen) atoms. The summed E-state index contributed by atoms with van der Waals surface area (Å²) in [6.45, 7) is 2.09. The quantitative estimate of drug-likeness (QED) is 0.379.